The summed E-state index contributed by atoms with van der Waals surface area (Å²) in [6.45, 7) is 3.83. The van der Waals surface area contributed by atoms with E-state index in [1.54, 1.807) is 18.3 Å². The molecule has 8 heteroatoms. The minimum absolute atomic E-state index is 0.127. The third kappa shape index (κ3) is 6.65. The number of hydrogen-bond acceptors (Lipinski definition) is 5. The number of allylic oxidation sites excluding steroid dienone is 2. The van der Waals surface area contributed by atoms with Gasteiger partial charge in [0.1, 0.15) is 17.5 Å². The molecule has 1 aromatic carbocycles. The van der Waals surface area contributed by atoms with Crippen LogP contribution in [0.15, 0.2) is 51.1 Å². The Morgan fingerprint density at radius 1 is 1.30 bits per heavy atom. The molecule has 1 unspecified atom stereocenters. The summed E-state index contributed by atoms with van der Waals surface area (Å²) < 4.78 is 6.82. The molecule has 0 aliphatic rings. The van der Waals surface area contributed by atoms with Gasteiger partial charge in [0.05, 0.1) is 15.1 Å². The highest BCUT2D eigenvalue weighted by Crippen LogP contribution is 2.36. The normalized spacial score (nSPS) is 12.3. The SMILES string of the molecule is C#C.C/C=C(\C=C/CCl)C(C)Oc1ncc(-c2cc(Br)c(O)c(Br)c2)nn1. The molecule has 2 aromatic rings. The average molecular weight is 516 g/mol. The van der Waals surface area contributed by atoms with Crippen LogP contribution in [0.3, 0.4) is 0 Å². The number of nitrogens with zero attached hydrogens (tertiary/aromatic N) is 3. The number of phenols is 1. The maximum absolute atomic E-state index is 9.77. The van der Waals surface area contributed by atoms with E-state index >= 15 is 0 Å². The van der Waals surface area contributed by atoms with Crippen molar-refractivity contribution in [3.63, 3.8) is 0 Å². The third-order valence-corrected chi connectivity index (χ3v) is 4.72. The van der Waals surface area contributed by atoms with Crippen molar-refractivity contribution < 1.29 is 9.84 Å². The Hall–Kier alpha value is -1.88. The minimum Gasteiger partial charge on any atom is -0.506 e. The quantitative estimate of drug-likeness (QED) is 0.311. The Labute approximate surface area is 180 Å². The van der Waals surface area contributed by atoms with Gasteiger partial charge in [-0.15, -0.1) is 29.5 Å². The lowest BCUT2D eigenvalue weighted by Gasteiger charge is -2.14. The number of aromatic nitrogens is 3. The molecule has 0 fully saturated rings. The maximum Gasteiger partial charge on any atom is 0.336 e. The van der Waals surface area contributed by atoms with Gasteiger partial charge in [-0.1, -0.05) is 23.3 Å². The van der Waals surface area contributed by atoms with Crippen LogP contribution in [0.25, 0.3) is 11.3 Å². The van der Waals surface area contributed by atoms with Gasteiger partial charge in [0.2, 0.25) is 0 Å². The molecule has 5 nitrogen and oxygen atoms in total. The minimum atomic E-state index is -0.228. The van der Waals surface area contributed by atoms with Gasteiger partial charge in [-0.25, -0.2) is 4.98 Å². The number of phenolic OH excluding ortho intramolecular Hbond substituents is 1. The van der Waals surface area contributed by atoms with Crippen LogP contribution in [0.4, 0.5) is 0 Å². The zero-order valence-corrected chi connectivity index (χ0v) is 18.7. The van der Waals surface area contributed by atoms with E-state index in [0.29, 0.717) is 20.5 Å². The number of rotatable bonds is 6. The van der Waals surface area contributed by atoms with Crippen LogP contribution in [0.2, 0.25) is 0 Å². The summed E-state index contributed by atoms with van der Waals surface area (Å²) >= 11 is 12.2. The summed E-state index contributed by atoms with van der Waals surface area (Å²) in [6, 6.07) is 3.67. The predicted molar refractivity (Wildman–Crippen MR) is 116 cm³/mol. The lowest BCUT2D eigenvalue weighted by molar-refractivity contribution is 0.236. The Kier molecular flexibility index (Phi) is 10.1. The van der Waals surface area contributed by atoms with Gasteiger partial charge in [-0.3, -0.25) is 0 Å². The number of ether oxygens (including phenoxy) is 1. The van der Waals surface area contributed by atoms with Gasteiger partial charge in [-0.2, -0.15) is 0 Å². The highest BCUT2D eigenvalue weighted by molar-refractivity contribution is 9.11. The maximum atomic E-state index is 9.77. The van der Waals surface area contributed by atoms with Crippen molar-refractivity contribution in [3.8, 4) is 35.9 Å². The van der Waals surface area contributed by atoms with Crippen molar-refractivity contribution in [2.75, 3.05) is 5.88 Å². The van der Waals surface area contributed by atoms with E-state index in [0.717, 1.165) is 11.1 Å². The molecule has 0 radical (unpaired) electrons. The van der Waals surface area contributed by atoms with Gasteiger partial charge in [-0.05, 0) is 63.4 Å². The Morgan fingerprint density at radius 2 is 1.93 bits per heavy atom. The first-order valence-corrected chi connectivity index (χ1v) is 9.85. The molecule has 142 valence electrons. The largest absolute Gasteiger partial charge is 0.506 e. The van der Waals surface area contributed by atoms with E-state index < -0.39 is 0 Å². The van der Waals surface area contributed by atoms with Crippen LogP contribution in [0, 0.1) is 12.8 Å². The fourth-order valence-electron chi connectivity index (χ4n) is 2.04. The molecule has 0 amide bonds. The van der Waals surface area contributed by atoms with Crippen molar-refractivity contribution in [2.24, 2.45) is 0 Å². The van der Waals surface area contributed by atoms with E-state index in [4.69, 9.17) is 16.3 Å². The number of halogens is 3. The predicted octanol–water partition coefficient (Wildman–Crippen LogP) is 5.53. The second-order valence-corrected chi connectivity index (χ2v) is 7.04. The third-order valence-electron chi connectivity index (χ3n) is 3.34. The van der Waals surface area contributed by atoms with Crippen molar-refractivity contribution in [1.29, 1.82) is 0 Å². The second kappa shape index (κ2) is 11.8. The van der Waals surface area contributed by atoms with E-state index in [9.17, 15) is 5.11 Å². The van der Waals surface area contributed by atoms with Crippen LogP contribution >= 0.6 is 43.5 Å². The van der Waals surface area contributed by atoms with Crippen molar-refractivity contribution in [3.05, 3.63) is 51.1 Å². The fraction of sp³-hybridized carbons (Fsp3) is 0.211. The van der Waals surface area contributed by atoms with Crippen molar-refractivity contribution in [2.45, 2.75) is 20.0 Å². The van der Waals surface area contributed by atoms with E-state index in [1.165, 1.54) is 0 Å². The van der Waals surface area contributed by atoms with E-state index in [-0.39, 0.29) is 17.9 Å². The summed E-state index contributed by atoms with van der Waals surface area (Å²) in [5, 5.41) is 17.9. The van der Waals surface area contributed by atoms with Crippen LogP contribution in [0.5, 0.6) is 11.8 Å². The summed E-state index contributed by atoms with van der Waals surface area (Å²) in [5.41, 5.74) is 2.30. The molecule has 1 heterocycles. The summed E-state index contributed by atoms with van der Waals surface area (Å²) in [4.78, 5) is 4.21. The first kappa shape index (κ1) is 23.2. The Morgan fingerprint density at radius 3 is 2.41 bits per heavy atom. The summed E-state index contributed by atoms with van der Waals surface area (Å²) in [6.07, 6.45) is 15.0. The molecular formula is C19H18Br2ClN3O2. The highest BCUT2D eigenvalue weighted by atomic mass is 79.9. The molecule has 1 atom stereocenters. The average Bonchev–Trinajstić information content (AvgIpc) is 2.68. The first-order valence-electron chi connectivity index (χ1n) is 7.73. The fourth-order valence-corrected chi connectivity index (χ4v) is 3.31. The summed E-state index contributed by atoms with van der Waals surface area (Å²) in [5.74, 6) is 0.566. The smallest absolute Gasteiger partial charge is 0.336 e. The number of aromatic hydroxyl groups is 1. The highest BCUT2D eigenvalue weighted by Gasteiger charge is 2.12. The monoisotopic (exact) mass is 513 g/mol. The van der Waals surface area contributed by atoms with Crippen LogP contribution in [-0.2, 0) is 0 Å². The van der Waals surface area contributed by atoms with Gasteiger partial charge >= 0.3 is 6.01 Å². The molecule has 1 N–H and O–H groups in total. The van der Waals surface area contributed by atoms with Gasteiger partial charge in [0.25, 0.3) is 0 Å². The zero-order valence-electron chi connectivity index (χ0n) is 14.7. The van der Waals surface area contributed by atoms with E-state index in [2.05, 4.69) is 59.9 Å². The number of alkyl halides is 1. The second-order valence-electron chi connectivity index (χ2n) is 5.02. The number of hydrogen-bond donors (Lipinski definition) is 1. The van der Waals surface area contributed by atoms with Gasteiger partial charge in [0.15, 0.2) is 0 Å². The van der Waals surface area contributed by atoms with Gasteiger partial charge < -0.3 is 9.84 Å². The standard InChI is InChI=1S/C17H16Br2ClN3O2.C2H2/c1-3-11(5-4-6-20)10(2)25-17-21-9-15(22-23-17)12-7-13(18)16(24)14(19)8-12;1-2/h3-5,7-10,24H,6H2,1-2H3;1-2H/b5-4-,11-3+;. The number of terminal acetylenes is 1. The molecular weight excluding hydrogens is 497 g/mol. The Bertz CT molecular complexity index is 814. The molecule has 0 spiro atoms. The van der Waals surface area contributed by atoms with Gasteiger partial charge in [0, 0.05) is 11.4 Å². The van der Waals surface area contributed by atoms with Crippen molar-refractivity contribution >= 4 is 43.5 Å². The zero-order chi connectivity index (χ0) is 20.4. The lowest BCUT2D eigenvalue weighted by atomic mass is 10.1. The summed E-state index contributed by atoms with van der Waals surface area (Å²) in [7, 11) is 0. The van der Waals surface area contributed by atoms with Crippen LogP contribution < -0.4 is 4.74 Å². The molecule has 0 aliphatic heterocycles. The topological polar surface area (TPSA) is 68.1 Å². The van der Waals surface area contributed by atoms with Crippen LogP contribution in [0.1, 0.15) is 13.8 Å². The van der Waals surface area contributed by atoms with E-state index in [1.807, 2.05) is 32.1 Å². The Balaban J connectivity index is 0.00000176. The lowest BCUT2D eigenvalue weighted by Crippen LogP contribution is -2.16. The molecule has 0 aliphatic carbocycles. The molecule has 1 aromatic heterocycles. The number of benzene rings is 1. The molecule has 0 saturated carbocycles. The molecule has 2 rings (SSSR count). The molecule has 0 saturated heterocycles. The van der Waals surface area contributed by atoms with Crippen LogP contribution in [-0.4, -0.2) is 32.3 Å². The van der Waals surface area contributed by atoms with Crippen molar-refractivity contribution in [1.82, 2.24) is 15.2 Å². The molecule has 27 heavy (non-hydrogen) atoms. The first-order chi connectivity index (χ1) is 13.0. The molecule has 0 bridgehead atoms.